The fourth-order valence-corrected chi connectivity index (χ4v) is 1.01. The molecule has 2 atom stereocenters. The van der Waals surface area contributed by atoms with E-state index < -0.39 is 18.0 Å². The van der Waals surface area contributed by atoms with Gasteiger partial charge in [-0.1, -0.05) is 6.58 Å². The summed E-state index contributed by atoms with van der Waals surface area (Å²) in [4.78, 5) is 11.2. The highest BCUT2D eigenvalue weighted by Gasteiger charge is 2.08. The summed E-state index contributed by atoms with van der Waals surface area (Å²) in [6, 6.07) is 0. The Morgan fingerprint density at radius 1 is 1.25 bits per heavy atom. The summed E-state index contributed by atoms with van der Waals surface area (Å²) in [7, 11) is 0. The quantitative estimate of drug-likeness (QED) is 0.377. The Hall–Kier alpha value is -1.53. The molecule has 0 amide bonds. The number of aliphatic hydroxyl groups is 1. The van der Waals surface area contributed by atoms with Gasteiger partial charge in [0, 0.05) is 12.2 Å². The average Bonchev–Trinajstić information content (AvgIpc) is 2.38. The van der Waals surface area contributed by atoms with Crippen LogP contribution in [-0.2, 0) is 19.0 Å². The second kappa shape index (κ2) is 9.39. The molecule has 2 unspecified atom stereocenters. The maximum Gasteiger partial charge on any atom is 0.333 e. The Labute approximate surface area is 119 Å². The first-order valence-electron chi connectivity index (χ1n) is 6.35. The lowest BCUT2D eigenvalue weighted by molar-refractivity contribution is -0.361. The third-order valence-corrected chi connectivity index (χ3v) is 2.19. The van der Waals surface area contributed by atoms with Gasteiger partial charge in [-0.2, -0.15) is 0 Å². The molecule has 0 aromatic heterocycles. The van der Waals surface area contributed by atoms with Crippen LogP contribution >= 0.6 is 0 Å². The van der Waals surface area contributed by atoms with E-state index >= 15 is 0 Å². The molecule has 0 aromatic rings. The Morgan fingerprint density at radius 2 is 1.85 bits per heavy atom. The number of rotatable bonds is 9. The zero-order chi connectivity index (χ0) is 15.7. The van der Waals surface area contributed by atoms with Crippen molar-refractivity contribution in [1.29, 1.82) is 0 Å². The minimum Gasteiger partial charge on any atom is -0.611 e. The number of aliphatic hydroxyl groups excluding tert-OH is 1. The summed E-state index contributed by atoms with van der Waals surface area (Å²) in [5, 5.41) is 20.5. The minimum atomic E-state index is -0.701. The largest absolute Gasteiger partial charge is 0.611 e. The van der Waals surface area contributed by atoms with Crippen LogP contribution in [-0.4, -0.2) is 43.1 Å². The highest BCUT2D eigenvalue weighted by molar-refractivity contribution is 5.86. The monoisotopic (exact) mass is 287 g/mol. The molecule has 6 nitrogen and oxygen atoms in total. The van der Waals surface area contributed by atoms with Gasteiger partial charge in [0.25, 0.3) is 0 Å². The van der Waals surface area contributed by atoms with Gasteiger partial charge < -0.3 is 24.4 Å². The minimum absolute atomic E-state index is 0.0536. The van der Waals surface area contributed by atoms with E-state index in [1.165, 1.54) is 6.92 Å². The van der Waals surface area contributed by atoms with Crippen LogP contribution in [0.15, 0.2) is 23.7 Å². The lowest BCUT2D eigenvalue weighted by Crippen LogP contribution is -2.22. The van der Waals surface area contributed by atoms with Crippen LogP contribution in [0.3, 0.4) is 0 Å². The lowest BCUT2D eigenvalue weighted by Gasteiger charge is -2.21. The SMILES string of the molecule is C=C(C)C(=O)OCC(C)OC/C(C)=C(\[O-])OCC(C)O. The van der Waals surface area contributed by atoms with Crippen LogP contribution in [0.4, 0.5) is 0 Å². The molecular formula is C14H23O6-. The third-order valence-electron chi connectivity index (χ3n) is 2.19. The molecule has 0 radical (unpaired) electrons. The van der Waals surface area contributed by atoms with E-state index in [0.717, 1.165) is 0 Å². The Kier molecular flexibility index (Phi) is 8.67. The summed E-state index contributed by atoms with van der Waals surface area (Å²) >= 11 is 0. The van der Waals surface area contributed by atoms with Gasteiger partial charge >= 0.3 is 5.97 Å². The van der Waals surface area contributed by atoms with Crippen LogP contribution < -0.4 is 5.11 Å². The number of hydrogen-bond acceptors (Lipinski definition) is 6. The van der Waals surface area contributed by atoms with Crippen LogP contribution in [0.1, 0.15) is 27.7 Å². The summed E-state index contributed by atoms with van der Waals surface area (Å²) < 4.78 is 15.1. The molecule has 0 rings (SSSR count). The second-order valence-corrected chi connectivity index (χ2v) is 4.73. The first kappa shape index (κ1) is 18.5. The Morgan fingerprint density at radius 3 is 2.35 bits per heavy atom. The molecule has 20 heavy (non-hydrogen) atoms. The van der Waals surface area contributed by atoms with Gasteiger partial charge in [0.1, 0.15) is 6.61 Å². The van der Waals surface area contributed by atoms with Crippen LogP contribution in [0.2, 0.25) is 0 Å². The molecule has 0 heterocycles. The van der Waals surface area contributed by atoms with Gasteiger partial charge in [-0.25, -0.2) is 4.79 Å². The maximum atomic E-state index is 11.5. The highest BCUT2D eigenvalue weighted by atomic mass is 16.6. The fraction of sp³-hybridized carbons (Fsp3) is 0.643. The Bertz CT molecular complexity index is 359. The van der Waals surface area contributed by atoms with E-state index in [1.807, 2.05) is 0 Å². The normalized spacial score (nSPS) is 15.1. The van der Waals surface area contributed by atoms with Gasteiger partial charge in [0.15, 0.2) is 0 Å². The van der Waals surface area contributed by atoms with E-state index in [-0.39, 0.29) is 25.9 Å². The molecular weight excluding hydrogens is 264 g/mol. The summed E-state index contributed by atoms with van der Waals surface area (Å²) in [5.41, 5.74) is 0.699. The molecule has 0 aliphatic carbocycles. The van der Waals surface area contributed by atoms with Crippen molar-refractivity contribution in [2.24, 2.45) is 0 Å². The van der Waals surface area contributed by atoms with Crippen molar-refractivity contribution >= 4 is 5.97 Å². The summed E-state index contributed by atoms with van der Waals surface area (Å²) in [5.74, 6) is -0.991. The molecule has 0 aliphatic rings. The molecule has 1 N–H and O–H groups in total. The van der Waals surface area contributed by atoms with Crippen molar-refractivity contribution in [3.8, 4) is 0 Å². The first-order chi connectivity index (χ1) is 9.23. The average molecular weight is 287 g/mol. The molecule has 0 saturated carbocycles. The van der Waals surface area contributed by atoms with E-state index in [4.69, 9.17) is 19.3 Å². The second-order valence-electron chi connectivity index (χ2n) is 4.73. The summed E-state index contributed by atoms with van der Waals surface area (Å²) in [6.45, 7) is 9.96. The van der Waals surface area contributed by atoms with Crippen molar-refractivity contribution in [3.05, 3.63) is 23.7 Å². The van der Waals surface area contributed by atoms with Gasteiger partial charge in [-0.15, -0.1) is 0 Å². The number of ether oxygens (including phenoxy) is 3. The molecule has 0 aliphatic heterocycles. The zero-order valence-corrected chi connectivity index (χ0v) is 12.5. The van der Waals surface area contributed by atoms with E-state index in [2.05, 4.69) is 6.58 Å². The molecule has 6 heteroatoms. The number of carbonyl (C=O) groups is 1. The zero-order valence-electron chi connectivity index (χ0n) is 12.5. The lowest BCUT2D eigenvalue weighted by atomic mass is 10.3. The van der Waals surface area contributed by atoms with E-state index in [0.29, 0.717) is 11.1 Å². The molecule has 0 aromatic carbocycles. The van der Waals surface area contributed by atoms with Crippen LogP contribution in [0.25, 0.3) is 0 Å². The molecule has 0 fully saturated rings. The molecule has 0 bridgehead atoms. The first-order valence-corrected chi connectivity index (χ1v) is 6.35. The third kappa shape index (κ3) is 8.55. The van der Waals surface area contributed by atoms with Gasteiger partial charge in [0.2, 0.25) is 0 Å². The molecule has 0 saturated heterocycles. The van der Waals surface area contributed by atoms with Crippen molar-refractivity contribution in [3.63, 3.8) is 0 Å². The number of esters is 1. The van der Waals surface area contributed by atoms with Crippen molar-refractivity contribution in [2.45, 2.75) is 39.9 Å². The summed E-state index contributed by atoms with van der Waals surface area (Å²) in [6.07, 6.45) is -1.05. The van der Waals surface area contributed by atoms with Crippen molar-refractivity contribution in [2.75, 3.05) is 19.8 Å². The maximum absolute atomic E-state index is 11.5. The molecule has 116 valence electrons. The van der Waals surface area contributed by atoms with Gasteiger partial charge in [-0.3, -0.25) is 0 Å². The predicted octanol–water partition coefficient (Wildman–Crippen LogP) is 0.500. The van der Waals surface area contributed by atoms with E-state index in [1.54, 1.807) is 20.8 Å². The van der Waals surface area contributed by atoms with Crippen molar-refractivity contribution < 1.29 is 29.2 Å². The standard InChI is InChI=1S/C14H24O6/c1-9(2)13(16)20-8-12(5)18-6-10(3)14(17)19-7-11(4)15/h11-12,15,17H,1,6-8H2,2-5H3/p-1/b14-10+. The van der Waals surface area contributed by atoms with Gasteiger partial charge in [-0.05, 0) is 33.3 Å². The highest BCUT2D eigenvalue weighted by Crippen LogP contribution is 2.04. The van der Waals surface area contributed by atoms with Crippen LogP contribution in [0.5, 0.6) is 0 Å². The fourth-order valence-electron chi connectivity index (χ4n) is 1.01. The van der Waals surface area contributed by atoms with Crippen molar-refractivity contribution in [1.82, 2.24) is 0 Å². The van der Waals surface area contributed by atoms with Gasteiger partial charge in [0.05, 0.1) is 24.8 Å². The Balaban J connectivity index is 4.04. The van der Waals surface area contributed by atoms with Crippen LogP contribution in [0, 0.1) is 0 Å². The number of carbonyl (C=O) groups excluding carboxylic acids is 1. The topological polar surface area (TPSA) is 88.1 Å². The van der Waals surface area contributed by atoms with E-state index in [9.17, 15) is 9.90 Å². The smallest absolute Gasteiger partial charge is 0.333 e. The molecule has 0 spiro atoms. The number of hydrogen-bond donors (Lipinski definition) is 1. The predicted molar refractivity (Wildman–Crippen MR) is 71.5 cm³/mol.